The number of halogens is 1. The molecule has 4 amide bonds. The number of nitrogens with zero attached hydrogens (tertiary/aromatic N) is 2. The van der Waals surface area contributed by atoms with Crippen molar-refractivity contribution in [2.24, 2.45) is 0 Å². The predicted octanol–water partition coefficient (Wildman–Crippen LogP) is 3.91. The van der Waals surface area contributed by atoms with Crippen LogP contribution < -0.4 is 15.0 Å². The molecule has 3 aromatic rings. The summed E-state index contributed by atoms with van der Waals surface area (Å²) in [5.41, 5.74) is 1.68. The first-order valence-electron chi connectivity index (χ1n) is 8.97. The first kappa shape index (κ1) is 19.7. The van der Waals surface area contributed by atoms with Crippen molar-refractivity contribution in [1.29, 1.82) is 0 Å². The first-order valence-corrected chi connectivity index (χ1v) is 9.76. The quantitative estimate of drug-likeness (QED) is 0.467. The Morgan fingerprint density at radius 2 is 1.60 bits per heavy atom. The van der Waals surface area contributed by atoms with E-state index in [2.05, 4.69) is 21.2 Å². The van der Waals surface area contributed by atoms with Crippen molar-refractivity contribution in [1.82, 2.24) is 9.88 Å². The lowest BCUT2D eigenvalue weighted by Crippen LogP contribution is -2.54. The second kappa shape index (κ2) is 8.00. The summed E-state index contributed by atoms with van der Waals surface area (Å²) in [4.78, 5) is 38.7. The van der Waals surface area contributed by atoms with Gasteiger partial charge in [0.25, 0.3) is 11.8 Å². The van der Waals surface area contributed by atoms with Crippen LogP contribution in [-0.4, -0.2) is 29.5 Å². The van der Waals surface area contributed by atoms with E-state index >= 15 is 0 Å². The summed E-state index contributed by atoms with van der Waals surface area (Å²) < 4.78 is 7.81. The van der Waals surface area contributed by atoms with Crippen molar-refractivity contribution in [3.05, 3.63) is 82.6 Å². The maximum absolute atomic E-state index is 13.0. The largest absolute Gasteiger partial charge is 0.497 e. The van der Waals surface area contributed by atoms with Crippen LogP contribution >= 0.6 is 15.9 Å². The topological polar surface area (TPSA) is 80.6 Å². The molecule has 4 rings (SSSR count). The summed E-state index contributed by atoms with van der Waals surface area (Å²) in [5, 5.41) is 2.23. The zero-order chi connectivity index (χ0) is 21.3. The Labute approximate surface area is 180 Å². The van der Waals surface area contributed by atoms with E-state index < -0.39 is 17.8 Å². The second-order valence-corrected chi connectivity index (χ2v) is 7.35. The number of methoxy groups -OCH3 is 1. The van der Waals surface area contributed by atoms with Gasteiger partial charge in [-0.3, -0.25) is 14.9 Å². The molecule has 150 valence electrons. The number of barbiturate groups is 1. The molecule has 0 unspecified atom stereocenters. The molecule has 1 fully saturated rings. The van der Waals surface area contributed by atoms with Gasteiger partial charge >= 0.3 is 6.03 Å². The smallest absolute Gasteiger partial charge is 0.335 e. The molecule has 1 aliphatic heterocycles. The lowest BCUT2D eigenvalue weighted by Gasteiger charge is -2.26. The summed E-state index contributed by atoms with van der Waals surface area (Å²) >= 11 is 3.32. The fraction of sp³-hybridized carbons (Fsp3) is 0.0455. The van der Waals surface area contributed by atoms with Crippen LogP contribution in [0.4, 0.5) is 10.5 Å². The van der Waals surface area contributed by atoms with Gasteiger partial charge in [0.1, 0.15) is 11.3 Å². The molecular weight excluding hydrogens is 450 g/mol. The SMILES string of the molecule is COc1ccc(-n2cccc2/C=C2\C(=O)NC(=O)N(c3ccc(Br)cc3)C2=O)cc1. The molecular formula is C22H16BrN3O4. The Kier molecular flexibility index (Phi) is 5.24. The van der Waals surface area contributed by atoms with E-state index in [-0.39, 0.29) is 5.57 Å². The number of rotatable bonds is 4. The Hall–Kier alpha value is -3.65. The van der Waals surface area contributed by atoms with Crippen LogP contribution in [0.15, 0.2) is 76.9 Å². The molecule has 1 saturated heterocycles. The standard InChI is InChI=1S/C22H16BrN3O4/c1-30-18-10-8-15(9-11-18)25-12-2-3-17(25)13-19-20(27)24-22(29)26(21(19)28)16-6-4-14(23)5-7-16/h2-13H,1H3,(H,24,27,29)/b19-13+. The number of ether oxygens (including phenoxy) is 1. The fourth-order valence-electron chi connectivity index (χ4n) is 3.12. The highest BCUT2D eigenvalue weighted by Crippen LogP contribution is 2.25. The van der Waals surface area contributed by atoms with E-state index in [1.54, 1.807) is 43.5 Å². The summed E-state index contributed by atoms with van der Waals surface area (Å²) in [5.74, 6) is -0.703. The van der Waals surface area contributed by atoms with Gasteiger partial charge in [0, 0.05) is 22.1 Å². The highest BCUT2D eigenvalue weighted by molar-refractivity contribution is 9.10. The van der Waals surface area contributed by atoms with Crippen LogP contribution in [-0.2, 0) is 9.59 Å². The van der Waals surface area contributed by atoms with E-state index in [4.69, 9.17) is 4.74 Å². The molecule has 1 N–H and O–H groups in total. The molecule has 0 saturated carbocycles. The van der Waals surface area contributed by atoms with Crippen molar-refractivity contribution < 1.29 is 19.1 Å². The predicted molar refractivity (Wildman–Crippen MR) is 115 cm³/mol. The van der Waals surface area contributed by atoms with Crippen LogP contribution in [0.25, 0.3) is 11.8 Å². The van der Waals surface area contributed by atoms with Crippen LogP contribution in [0, 0.1) is 0 Å². The summed E-state index contributed by atoms with van der Waals surface area (Å²) in [6.45, 7) is 0. The number of hydrogen-bond donors (Lipinski definition) is 1. The molecule has 7 nitrogen and oxygen atoms in total. The number of aromatic nitrogens is 1. The van der Waals surface area contributed by atoms with Crippen molar-refractivity contribution >= 4 is 45.5 Å². The molecule has 30 heavy (non-hydrogen) atoms. The summed E-state index contributed by atoms with van der Waals surface area (Å²) in [7, 11) is 1.59. The fourth-order valence-corrected chi connectivity index (χ4v) is 3.38. The lowest BCUT2D eigenvalue weighted by molar-refractivity contribution is -0.122. The first-order chi connectivity index (χ1) is 14.5. The molecule has 0 bridgehead atoms. The highest BCUT2D eigenvalue weighted by atomic mass is 79.9. The van der Waals surface area contributed by atoms with E-state index in [0.717, 1.165) is 20.8 Å². The van der Waals surface area contributed by atoms with Crippen molar-refractivity contribution in [2.45, 2.75) is 0 Å². The molecule has 0 radical (unpaired) electrons. The molecule has 0 spiro atoms. The number of urea groups is 1. The molecule has 1 aliphatic rings. The number of nitrogens with one attached hydrogen (secondary N) is 1. The van der Waals surface area contributed by atoms with Crippen LogP contribution in [0.5, 0.6) is 5.75 Å². The van der Waals surface area contributed by atoms with Crippen molar-refractivity contribution in [3.63, 3.8) is 0 Å². The van der Waals surface area contributed by atoms with Gasteiger partial charge in [-0.25, -0.2) is 9.69 Å². The maximum Gasteiger partial charge on any atom is 0.335 e. The van der Waals surface area contributed by atoms with Gasteiger partial charge in [-0.2, -0.15) is 0 Å². The highest BCUT2D eigenvalue weighted by Gasteiger charge is 2.36. The minimum atomic E-state index is -0.782. The van der Waals surface area contributed by atoms with E-state index in [9.17, 15) is 14.4 Å². The third-order valence-electron chi connectivity index (χ3n) is 4.61. The molecule has 2 heterocycles. The number of amides is 4. The van der Waals surface area contributed by atoms with E-state index in [0.29, 0.717) is 11.4 Å². The Morgan fingerprint density at radius 3 is 2.27 bits per heavy atom. The van der Waals surface area contributed by atoms with Crippen molar-refractivity contribution in [2.75, 3.05) is 12.0 Å². The van der Waals surface area contributed by atoms with Gasteiger partial charge in [-0.15, -0.1) is 0 Å². The number of anilines is 1. The normalized spacial score (nSPS) is 15.5. The zero-order valence-electron chi connectivity index (χ0n) is 15.8. The van der Waals surface area contributed by atoms with Gasteiger partial charge in [0.05, 0.1) is 12.8 Å². The third kappa shape index (κ3) is 3.65. The molecule has 2 aromatic carbocycles. The average Bonchev–Trinajstić information content (AvgIpc) is 3.20. The second-order valence-electron chi connectivity index (χ2n) is 6.44. The zero-order valence-corrected chi connectivity index (χ0v) is 17.4. The monoisotopic (exact) mass is 465 g/mol. The molecule has 0 atom stereocenters. The number of benzene rings is 2. The van der Waals surface area contributed by atoms with E-state index in [1.807, 2.05) is 35.0 Å². The number of carbonyl (C=O) groups excluding carboxylic acids is 3. The van der Waals surface area contributed by atoms with Gasteiger partial charge in [-0.1, -0.05) is 15.9 Å². The van der Waals surface area contributed by atoms with Crippen LogP contribution in [0.3, 0.4) is 0 Å². The Balaban J connectivity index is 1.71. The third-order valence-corrected chi connectivity index (χ3v) is 5.14. The Morgan fingerprint density at radius 1 is 0.933 bits per heavy atom. The van der Waals surface area contributed by atoms with Gasteiger partial charge in [0.15, 0.2) is 0 Å². The van der Waals surface area contributed by atoms with Gasteiger partial charge < -0.3 is 9.30 Å². The van der Waals surface area contributed by atoms with Crippen molar-refractivity contribution in [3.8, 4) is 11.4 Å². The van der Waals surface area contributed by atoms with Crippen LogP contribution in [0.1, 0.15) is 5.69 Å². The Bertz CT molecular complexity index is 1160. The average molecular weight is 466 g/mol. The number of carbonyl (C=O) groups is 3. The molecule has 1 aromatic heterocycles. The van der Waals surface area contributed by atoms with Gasteiger partial charge in [-0.05, 0) is 66.7 Å². The molecule has 8 heteroatoms. The number of hydrogen-bond acceptors (Lipinski definition) is 4. The number of imide groups is 2. The minimum Gasteiger partial charge on any atom is -0.497 e. The van der Waals surface area contributed by atoms with Gasteiger partial charge in [0.2, 0.25) is 0 Å². The van der Waals surface area contributed by atoms with E-state index in [1.165, 1.54) is 6.08 Å². The molecule has 0 aliphatic carbocycles. The maximum atomic E-state index is 13.0. The minimum absolute atomic E-state index is 0.133. The summed E-state index contributed by atoms with van der Waals surface area (Å²) in [6, 6.07) is 16.8. The van der Waals surface area contributed by atoms with Crippen LogP contribution in [0.2, 0.25) is 0 Å². The summed E-state index contributed by atoms with van der Waals surface area (Å²) in [6.07, 6.45) is 3.29. The lowest BCUT2D eigenvalue weighted by atomic mass is 10.1.